The van der Waals surface area contributed by atoms with Crippen LogP contribution in [0.1, 0.15) is 75.6 Å². The van der Waals surface area contributed by atoms with E-state index in [-0.39, 0.29) is 5.92 Å². The lowest BCUT2D eigenvalue weighted by Gasteiger charge is -2.25. The minimum Gasteiger partial charge on any atom is -0.481 e. The predicted molar refractivity (Wildman–Crippen MR) is 135 cm³/mol. The third-order valence-electron chi connectivity index (χ3n) is 6.59. The van der Waals surface area contributed by atoms with Crippen molar-refractivity contribution in [2.24, 2.45) is 11.8 Å². The van der Waals surface area contributed by atoms with Crippen molar-refractivity contribution in [3.8, 4) is 5.88 Å². The molecule has 33 heavy (non-hydrogen) atoms. The number of methoxy groups -OCH3 is 1. The highest BCUT2D eigenvalue weighted by Gasteiger charge is 2.29. The van der Waals surface area contributed by atoms with Crippen molar-refractivity contribution >= 4 is 21.4 Å². The number of nitrogens with one attached hydrogen (secondary N) is 2. The summed E-state index contributed by atoms with van der Waals surface area (Å²) in [5, 5.41) is 8.62. The van der Waals surface area contributed by atoms with Gasteiger partial charge < -0.3 is 10.1 Å². The van der Waals surface area contributed by atoms with Gasteiger partial charge >= 0.3 is 0 Å². The quantitative estimate of drug-likeness (QED) is 0.376. The van der Waals surface area contributed by atoms with Crippen LogP contribution in [-0.4, -0.2) is 31.5 Å². The largest absolute Gasteiger partial charge is 0.481 e. The predicted octanol–water partition coefficient (Wildman–Crippen LogP) is 5.92. The molecule has 1 aromatic heterocycles. The summed E-state index contributed by atoms with van der Waals surface area (Å²) in [6.07, 6.45) is 5.80. The van der Waals surface area contributed by atoms with Crippen molar-refractivity contribution in [3.63, 3.8) is 0 Å². The zero-order chi connectivity index (χ0) is 24.2. The number of hydrogen-bond donors (Lipinski definition) is 2. The number of aryl methyl sites for hydroxylation is 1. The van der Waals surface area contributed by atoms with Crippen molar-refractivity contribution in [1.82, 2.24) is 4.98 Å². The maximum absolute atomic E-state index is 12.2. The van der Waals surface area contributed by atoms with E-state index >= 15 is 0 Å². The number of ether oxygens (including phenoxy) is 1. The second-order valence-electron chi connectivity index (χ2n) is 9.49. The molecule has 7 heteroatoms. The van der Waals surface area contributed by atoms with Gasteiger partial charge in [-0.25, -0.2) is 13.4 Å². The smallest absolute Gasteiger partial charge is 0.235 e. The lowest BCUT2D eigenvalue weighted by molar-refractivity contribution is 0.396. The number of nitrogens with zero attached hydrogens (tertiary/aromatic N) is 1. The van der Waals surface area contributed by atoms with Crippen molar-refractivity contribution in [3.05, 3.63) is 53.2 Å². The number of anilines is 1. The zero-order valence-electron chi connectivity index (χ0n) is 20.4. The molecule has 2 aromatic rings. The third kappa shape index (κ3) is 6.56. The summed E-state index contributed by atoms with van der Waals surface area (Å²) >= 11 is 0. The van der Waals surface area contributed by atoms with Crippen LogP contribution in [0.25, 0.3) is 0 Å². The van der Waals surface area contributed by atoms with Crippen LogP contribution in [0.4, 0.5) is 5.69 Å². The molecule has 0 aliphatic heterocycles. The zero-order valence-corrected chi connectivity index (χ0v) is 21.2. The molecule has 0 bridgehead atoms. The number of rotatable bonds is 12. The monoisotopic (exact) mass is 471 g/mol. The van der Waals surface area contributed by atoms with E-state index in [4.69, 9.17) is 10.1 Å². The Morgan fingerprint density at radius 3 is 2.39 bits per heavy atom. The first-order valence-electron chi connectivity index (χ1n) is 11.9. The molecule has 0 saturated heterocycles. The lowest BCUT2D eigenvalue weighted by Crippen LogP contribution is -2.22. The fraction of sp³-hybridized carbons (Fsp3) is 0.538. The molecule has 1 heterocycles. The van der Waals surface area contributed by atoms with E-state index in [1.54, 1.807) is 33.1 Å². The molecule has 0 amide bonds. The van der Waals surface area contributed by atoms with Crippen molar-refractivity contribution in [1.29, 1.82) is 5.41 Å². The molecule has 0 radical (unpaired) electrons. The molecule has 3 rings (SSSR count). The summed E-state index contributed by atoms with van der Waals surface area (Å²) in [4.78, 5) is 4.59. The second-order valence-corrected chi connectivity index (χ2v) is 11.7. The minimum atomic E-state index is -3.40. The SMILES string of the molecule is CCC(CC1CC1)CC(C(=N)c1nc(OC)ccc1C)c1ccc(NS(=O)(=O)C(C)C)cc1. The Labute approximate surface area is 198 Å². The fourth-order valence-corrected chi connectivity index (χ4v) is 4.84. The number of hydrogen-bond acceptors (Lipinski definition) is 5. The molecule has 180 valence electrons. The molecule has 2 N–H and O–H groups in total. The summed E-state index contributed by atoms with van der Waals surface area (Å²) in [5.74, 6) is 1.74. The number of benzene rings is 1. The first-order chi connectivity index (χ1) is 15.6. The second kappa shape index (κ2) is 10.7. The standard InChI is InChI=1S/C26H37N3O3S/c1-6-19(15-20-8-9-20)16-23(25(27)26-18(4)7-14-24(28-26)32-5)21-10-12-22(13-11-21)29-33(30,31)17(2)3/h7,10-14,17,19-20,23,27,29H,6,8-9,15-16H2,1-5H3. The van der Waals surface area contributed by atoms with E-state index in [0.29, 0.717) is 28.9 Å². The lowest BCUT2D eigenvalue weighted by atomic mass is 9.80. The molecule has 0 spiro atoms. The van der Waals surface area contributed by atoms with Gasteiger partial charge in [0, 0.05) is 17.7 Å². The number of sulfonamides is 1. The first kappa shape index (κ1) is 25.2. The molecule has 2 unspecified atom stereocenters. The molecule has 1 saturated carbocycles. The Morgan fingerprint density at radius 1 is 1.18 bits per heavy atom. The van der Waals surface area contributed by atoms with Crippen LogP contribution in [0, 0.1) is 24.2 Å². The van der Waals surface area contributed by atoms with Crippen molar-refractivity contribution < 1.29 is 13.2 Å². The topological polar surface area (TPSA) is 92.1 Å². The Bertz CT molecular complexity index is 1060. The summed E-state index contributed by atoms with van der Waals surface area (Å²) in [6, 6.07) is 11.2. The Morgan fingerprint density at radius 2 is 1.85 bits per heavy atom. The molecule has 1 fully saturated rings. The highest BCUT2D eigenvalue weighted by Crippen LogP contribution is 2.40. The van der Waals surface area contributed by atoms with Crippen LogP contribution in [0.5, 0.6) is 5.88 Å². The van der Waals surface area contributed by atoms with E-state index in [2.05, 4.69) is 16.6 Å². The Balaban J connectivity index is 1.92. The highest BCUT2D eigenvalue weighted by molar-refractivity contribution is 7.93. The summed E-state index contributed by atoms with van der Waals surface area (Å²) in [7, 11) is -1.82. The van der Waals surface area contributed by atoms with Crippen molar-refractivity contribution in [2.45, 2.75) is 71.0 Å². The van der Waals surface area contributed by atoms with Gasteiger partial charge in [-0.3, -0.25) is 4.72 Å². The number of aromatic nitrogens is 1. The van der Waals surface area contributed by atoms with Gasteiger partial charge in [0.25, 0.3) is 0 Å². The van der Waals surface area contributed by atoms with Gasteiger partial charge in [0.05, 0.1) is 23.8 Å². The fourth-order valence-electron chi connectivity index (χ4n) is 4.14. The van der Waals surface area contributed by atoms with Crippen LogP contribution < -0.4 is 9.46 Å². The van der Waals surface area contributed by atoms with E-state index in [9.17, 15) is 8.42 Å². The average molecular weight is 472 g/mol. The highest BCUT2D eigenvalue weighted by atomic mass is 32.2. The summed E-state index contributed by atoms with van der Waals surface area (Å²) in [6.45, 7) is 7.51. The van der Waals surface area contributed by atoms with Gasteiger partial charge in [0.2, 0.25) is 15.9 Å². The van der Waals surface area contributed by atoms with E-state index in [1.807, 2.05) is 31.2 Å². The molecule has 1 aliphatic rings. The summed E-state index contributed by atoms with van der Waals surface area (Å²) < 4.78 is 32.4. The maximum Gasteiger partial charge on any atom is 0.235 e. The molecule has 1 aliphatic carbocycles. The maximum atomic E-state index is 12.2. The molecule has 1 aromatic carbocycles. The summed E-state index contributed by atoms with van der Waals surface area (Å²) in [5.41, 5.74) is 3.63. The Hall–Kier alpha value is -2.41. The molecular formula is C26H37N3O3S. The van der Waals surface area contributed by atoms with Crippen LogP contribution >= 0.6 is 0 Å². The molecule has 6 nitrogen and oxygen atoms in total. The van der Waals surface area contributed by atoms with Crippen molar-refractivity contribution in [2.75, 3.05) is 11.8 Å². The first-order valence-corrected chi connectivity index (χ1v) is 13.4. The van der Waals surface area contributed by atoms with Gasteiger partial charge in [0.15, 0.2) is 0 Å². The van der Waals surface area contributed by atoms with E-state index < -0.39 is 15.3 Å². The normalized spacial score (nSPS) is 15.8. The van der Waals surface area contributed by atoms with Gasteiger partial charge in [-0.05, 0) is 68.7 Å². The molecular weight excluding hydrogens is 434 g/mol. The Kier molecular flexibility index (Phi) is 8.16. The number of pyridine rings is 1. The van der Waals surface area contributed by atoms with Crippen LogP contribution in [0.2, 0.25) is 0 Å². The van der Waals surface area contributed by atoms with Gasteiger partial charge in [-0.15, -0.1) is 0 Å². The van der Waals surface area contributed by atoms with E-state index in [1.165, 1.54) is 19.3 Å². The van der Waals surface area contributed by atoms with Gasteiger partial charge in [0.1, 0.15) is 0 Å². The van der Waals surface area contributed by atoms with Gasteiger partial charge in [-0.1, -0.05) is 44.4 Å². The third-order valence-corrected chi connectivity index (χ3v) is 8.35. The average Bonchev–Trinajstić information content (AvgIpc) is 3.61. The van der Waals surface area contributed by atoms with Crippen LogP contribution in [-0.2, 0) is 10.0 Å². The minimum absolute atomic E-state index is 0.122. The van der Waals surface area contributed by atoms with E-state index in [0.717, 1.165) is 29.9 Å². The van der Waals surface area contributed by atoms with Crippen LogP contribution in [0.3, 0.4) is 0 Å². The molecule has 2 atom stereocenters. The van der Waals surface area contributed by atoms with Crippen LogP contribution in [0.15, 0.2) is 36.4 Å². The van der Waals surface area contributed by atoms with Gasteiger partial charge in [-0.2, -0.15) is 0 Å².